The molecule has 1 amide bonds. The van der Waals surface area contributed by atoms with Gasteiger partial charge in [-0.3, -0.25) is 18.7 Å². The number of amides is 1. The lowest BCUT2D eigenvalue weighted by Crippen LogP contribution is -2.39. The second kappa shape index (κ2) is 10.8. The van der Waals surface area contributed by atoms with Crippen molar-refractivity contribution < 1.29 is 4.79 Å². The molecule has 0 unspecified atom stereocenters. The third kappa shape index (κ3) is 5.16. The number of rotatable bonds is 9. The summed E-state index contributed by atoms with van der Waals surface area (Å²) in [5.74, 6) is -0.0538. The van der Waals surface area contributed by atoms with Crippen molar-refractivity contribution in [2.24, 2.45) is 0 Å². The fourth-order valence-electron chi connectivity index (χ4n) is 3.90. The van der Waals surface area contributed by atoms with Gasteiger partial charge in [-0.25, -0.2) is 4.79 Å². The summed E-state index contributed by atoms with van der Waals surface area (Å²) in [6.07, 6.45) is 2.37. The summed E-state index contributed by atoms with van der Waals surface area (Å²) in [5, 5.41) is 14.1. The van der Waals surface area contributed by atoms with E-state index in [2.05, 4.69) is 11.4 Å². The summed E-state index contributed by atoms with van der Waals surface area (Å²) in [6, 6.07) is 20.4. The molecule has 0 aliphatic heterocycles. The molecule has 0 saturated carbocycles. The minimum absolute atomic E-state index is 0.0538. The van der Waals surface area contributed by atoms with Crippen LogP contribution in [0.5, 0.6) is 0 Å². The Hall–Kier alpha value is -3.96. The average molecular weight is 473 g/mol. The standard InChI is InChI=1S/C26H24N4O3S/c27-17-19-9-6-7-10-20(19)18-30-22-14-16-34-24(22)25(32)29(26(30)33)15-8-2-5-13-23(31)28-21-11-3-1-4-12-21/h1,3-4,6-7,9-12,14,16H,2,5,8,13,15,18H2,(H,28,31). The van der Waals surface area contributed by atoms with Crippen molar-refractivity contribution >= 4 is 33.1 Å². The van der Waals surface area contributed by atoms with E-state index < -0.39 is 0 Å². The molecule has 7 nitrogen and oxygen atoms in total. The number of carbonyl (C=O) groups excluding carboxylic acids is 1. The van der Waals surface area contributed by atoms with Gasteiger partial charge in [0.1, 0.15) is 4.70 Å². The van der Waals surface area contributed by atoms with E-state index in [1.165, 1.54) is 15.9 Å². The van der Waals surface area contributed by atoms with E-state index in [9.17, 15) is 19.6 Å². The van der Waals surface area contributed by atoms with E-state index in [4.69, 9.17) is 0 Å². The number of hydrogen-bond acceptors (Lipinski definition) is 5. The molecule has 0 aliphatic rings. The van der Waals surface area contributed by atoms with Crippen molar-refractivity contribution in [3.63, 3.8) is 0 Å². The van der Waals surface area contributed by atoms with Crippen molar-refractivity contribution in [2.75, 3.05) is 5.32 Å². The molecule has 1 N–H and O–H groups in total. The van der Waals surface area contributed by atoms with Crippen molar-refractivity contribution in [3.8, 4) is 6.07 Å². The van der Waals surface area contributed by atoms with E-state index in [-0.39, 0.29) is 30.2 Å². The highest BCUT2D eigenvalue weighted by Crippen LogP contribution is 2.18. The first-order valence-electron chi connectivity index (χ1n) is 11.1. The fourth-order valence-corrected chi connectivity index (χ4v) is 4.74. The Morgan fingerprint density at radius 3 is 2.50 bits per heavy atom. The number of unbranched alkanes of at least 4 members (excludes halogenated alkanes) is 2. The molecule has 2 heterocycles. The van der Waals surface area contributed by atoms with Crippen LogP contribution in [0, 0.1) is 11.3 Å². The number of anilines is 1. The number of hydrogen-bond donors (Lipinski definition) is 1. The lowest BCUT2D eigenvalue weighted by molar-refractivity contribution is -0.116. The van der Waals surface area contributed by atoms with E-state index in [1.807, 2.05) is 42.5 Å². The molecule has 0 radical (unpaired) electrons. The zero-order valence-electron chi connectivity index (χ0n) is 18.6. The maximum atomic E-state index is 13.3. The second-order valence-corrected chi connectivity index (χ2v) is 8.87. The minimum atomic E-state index is -0.384. The first-order valence-corrected chi connectivity index (χ1v) is 12.0. The van der Waals surface area contributed by atoms with Crippen LogP contribution < -0.4 is 16.6 Å². The van der Waals surface area contributed by atoms with Gasteiger partial charge in [0.15, 0.2) is 0 Å². The van der Waals surface area contributed by atoms with Crippen LogP contribution in [0.1, 0.15) is 36.8 Å². The van der Waals surface area contributed by atoms with Crippen molar-refractivity contribution in [3.05, 3.63) is 98.0 Å². The summed E-state index contributed by atoms with van der Waals surface area (Å²) in [4.78, 5) is 38.3. The van der Waals surface area contributed by atoms with Crippen LogP contribution in [0.3, 0.4) is 0 Å². The minimum Gasteiger partial charge on any atom is -0.326 e. The molecule has 0 bridgehead atoms. The van der Waals surface area contributed by atoms with Crippen LogP contribution >= 0.6 is 11.3 Å². The molecule has 8 heteroatoms. The van der Waals surface area contributed by atoms with Crippen molar-refractivity contribution in [1.82, 2.24) is 9.13 Å². The predicted molar refractivity (Wildman–Crippen MR) is 134 cm³/mol. The molecule has 2 aromatic heterocycles. The summed E-state index contributed by atoms with van der Waals surface area (Å²) < 4.78 is 3.37. The van der Waals surface area contributed by atoms with Gasteiger partial charge in [-0.15, -0.1) is 11.3 Å². The molecule has 0 fully saturated rings. The maximum absolute atomic E-state index is 13.3. The molecular weight excluding hydrogens is 448 g/mol. The Morgan fingerprint density at radius 1 is 0.941 bits per heavy atom. The molecule has 0 aliphatic carbocycles. The lowest BCUT2D eigenvalue weighted by Gasteiger charge is -2.13. The van der Waals surface area contributed by atoms with Gasteiger partial charge >= 0.3 is 5.69 Å². The summed E-state index contributed by atoms with van der Waals surface area (Å²) in [6.45, 7) is 0.501. The highest BCUT2D eigenvalue weighted by Gasteiger charge is 2.15. The Labute approximate surface area is 200 Å². The number of para-hydroxylation sites is 1. The molecule has 0 spiro atoms. The van der Waals surface area contributed by atoms with E-state index in [0.29, 0.717) is 41.5 Å². The number of carbonyl (C=O) groups is 1. The molecule has 172 valence electrons. The third-order valence-electron chi connectivity index (χ3n) is 5.65. The molecule has 0 saturated heterocycles. The van der Waals surface area contributed by atoms with Crippen LogP contribution in [0.4, 0.5) is 5.69 Å². The third-order valence-corrected chi connectivity index (χ3v) is 6.54. The number of aromatic nitrogens is 2. The molecule has 2 aromatic carbocycles. The predicted octanol–water partition coefficient (Wildman–Crippen LogP) is 4.34. The summed E-state index contributed by atoms with van der Waals surface area (Å²) >= 11 is 1.31. The molecular formula is C26H24N4O3S. The summed E-state index contributed by atoms with van der Waals surface area (Å²) in [7, 11) is 0. The van der Waals surface area contributed by atoms with Crippen LogP contribution in [0.25, 0.3) is 10.2 Å². The number of thiophene rings is 1. The Balaban J connectivity index is 1.44. The lowest BCUT2D eigenvalue weighted by atomic mass is 10.1. The van der Waals surface area contributed by atoms with E-state index >= 15 is 0 Å². The highest BCUT2D eigenvalue weighted by molar-refractivity contribution is 7.17. The average Bonchev–Trinajstić information content (AvgIpc) is 3.34. The monoisotopic (exact) mass is 472 g/mol. The van der Waals surface area contributed by atoms with Crippen LogP contribution in [-0.4, -0.2) is 15.0 Å². The van der Waals surface area contributed by atoms with Gasteiger partial charge in [0.25, 0.3) is 5.56 Å². The molecule has 0 atom stereocenters. The van der Waals surface area contributed by atoms with Crippen LogP contribution in [0.2, 0.25) is 0 Å². The Morgan fingerprint density at radius 2 is 1.71 bits per heavy atom. The highest BCUT2D eigenvalue weighted by atomic mass is 32.1. The quantitative estimate of drug-likeness (QED) is 0.366. The molecule has 4 rings (SSSR count). The topological polar surface area (TPSA) is 96.9 Å². The Kier molecular flexibility index (Phi) is 7.35. The van der Waals surface area contributed by atoms with E-state index in [1.54, 1.807) is 28.1 Å². The van der Waals surface area contributed by atoms with Crippen LogP contribution in [0.15, 0.2) is 75.6 Å². The zero-order valence-corrected chi connectivity index (χ0v) is 19.4. The number of fused-ring (bicyclic) bond motifs is 1. The van der Waals surface area contributed by atoms with Gasteiger partial charge in [-0.2, -0.15) is 5.26 Å². The smallest absolute Gasteiger partial charge is 0.326 e. The van der Waals surface area contributed by atoms with Gasteiger partial charge in [-0.05, 0) is 48.1 Å². The molecule has 34 heavy (non-hydrogen) atoms. The number of nitrogens with one attached hydrogen (secondary N) is 1. The maximum Gasteiger partial charge on any atom is 0.331 e. The van der Waals surface area contributed by atoms with Gasteiger partial charge in [0, 0.05) is 18.7 Å². The zero-order chi connectivity index (χ0) is 23.9. The van der Waals surface area contributed by atoms with Gasteiger partial charge in [0.2, 0.25) is 5.91 Å². The van der Waals surface area contributed by atoms with Gasteiger partial charge in [-0.1, -0.05) is 42.8 Å². The first-order chi connectivity index (χ1) is 16.6. The normalized spacial score (nSPS) is 10.8. The SMILES string of the molecule is N#Cc1ccccc1Cn1c(=O)n(CCCCCC(=O)Nc2ccccc2)c(=O)c2sccc21. The van der Waals surface area contributed by atoms with Crippen molar-refractivity contribution in [2.45, 2.75) is 38.8 Å². The van der Waals surface area contributed by atoms with Crippen molar-refractivity contribution in [1.29, 1.82) is 5.26 Å². The first kappa shape index (κ1) is 23.2. The number of nitriles is 1. The summed E-state index contributed by atoms with van der Waals surface area (Å²) in [5.41, 5.74) is 1.91. The Bertz CT molecular complexity index is 1460. The fraction of sp³-hybridized carbons (Fsp3) is 0.231. The van der Waals surface area contributed by atoms with Gasteiger partial charge in [0.05, 0.1) is 23.7 Å². The van der Waals surface area contributed by atoms with E-state index in [0.717, 1.165) is 11.3 Å². The van der Waals surface area contributed by atoms with Gasteiger partial charge < -0.3 is 5.32 Å². The second-order valence-electron chi connectivity index (χ2n) is 7.95. The molecule has 4 aromatic rings. The largest absolute Gasteiger partial charge is 0.331 e. The number of nitrogens with zero attached hydrogens (tertiary/aromatic N) is 3. The number of benzene rings is 2. The van der Waals surface area contributed by atoms with Crippen LogP contribution in [-0.2, 0) is 17.9 Å².